The van der Waals surface area contributed by atoms with Crippen LogP contribution in [0.15, 0.2) is 18.2 Å². The van der Waals surface area contributed by atoms with Gasteiger partial charge in [0, 0.05) is 6.54 Å². The number of phenols is 1. The topological polar surface area (TPSA) is 110 Å². The number of rotatable bonds is 6. The summed E-state index contributed by atoms with van der Waals surface area (Å²) in [6.45, 7) is -0.800. The van der Waals surface area contributed by atoms with E-state index in [1.165, 1.54) is 11.0 Å². The molecule has 0 aromatic heterocycles. The first kappa shape index (κ1) is 16.8. The summed E-state index contributed by atoms with van der Waals surface area (Å²) in [4.78, 5) is 22.9. The minimum Gasteiger partial charge on any atom is -0.507 e. The van der Waals surface area contributed by atoms with E-state index >= 15 is 0 Å². The Labute approximate surface area is 118 Å². The Morgan fingerprint density at radius 2 is 1.67 bits per heavy atom. The van der Waals surface area contributed by atoms with E-state index in [0.717, 1.165) is 12.1 Å². The molecule has 0 fully saturated rings. The summed E-state index contributed by atoms with van der Waals surface area (Å²) in [6.07, 6.45) is -4.71. The molecular formula is C12H14F3N3O3. The van der Waals surface area contributed by atoms with Crippen molar-refractivity contribution < 1.29 is 27.9 Å². The minimum atomic E-state index is -4.71. The Bertz CT molecular complexity index is 530. The van der Waals surface area contributed by atoms with E-state index in [9.17, 15) is 27.9 Å². The molecule has 0 heterocycles. The molecule has 21 heavy (non-hydrogen) atoms. The van der Waals surface area contributed by atoms with Crippen LogP contribution in [0.25, 0.3) is 0 Å². The van der Waals surface area contributed by atoms with Crippen molar-refractivity contribution in [3.8, 4) is 5.75 Å². The molecule has 0 unspecified atom stereocenters. The van der Waals surface area contributed by atoms with E-state index in [-0.39, 0.29) is 25.2 Å². The van der Waals surface area contributed by atoms with Gasteiger partial charge in [-0.15, -0.1) is 0 Å². The molecule has 0 saturated carbocycles. The van der Waals surface area contributed by atoms with Gasteiger partial charge in [-0.25, -0.2) is 0 Å². The van der Waals surface area contributed by atoms with Gasteiger partial charge in [0.1, 0.15) is 5.75 Å². The number of benzene rings is 1. The second-order valence-corrected chi connectivity index (χ2v) is 4.43. The van der Waals surface area contributed by atoms with Crippen LogP contribution in [0.5, 0.6) is 5.75 Å². The van der Waals surface area contributed by atoms with E-state index in [1.807, 2.05) is 0 Å². The second kappa shape index (κ2) is 6.44. The van der Waals surface area contributed by atoms with Crippen molar-refractivity contribution in [3.63, 3.8) is 0 Å². The third kappa shape index (κ3) is 5.30. The SMILES string of the molecule is NC(=O)CN(CC(N)=O)Cc1ccc(O)c(C(F)(F)F)c1. The van der Waals surface area contributed by atoms with Gasteiger partial charge in [0.15, 0.2) is 0 Å². The number of primary amides is 2. The fourth-order valence-electron chi connectivity index (χ4n) is 1.78. The summed E-state index contributed by atoms with van der Waals surface area (Å²) in [5.74, 6) is -2.39. The molecule has 1 aromatic rings. The lowest BCUT2D eigenvalue weighted by molar-refractivity contribution is -0.139. The third-order valence-electron chi connectivity index (χ3n) is 2.53. The number of nitrogens with two attached hydrogens (primary N) is 2. The van der Waals surface area contributed by atoms with Gasteiger partial charge in [-0.3, -0.25) is 14.5 Å². The molecule has 0 atom stereocenters. The normalized spacial score (nSPS) is 11.6. The summed E-state index contributed by atoms with van der Waals surface area (Å²) in [6, 6.07) is 2.88. The van der Waals surface area contributed by atoms with Crippen molar-refractivity contribution in [1.82, 2.24) is 4.90 Å². The van der Waals surface area contributed by atoms with E-state index < -0.39 is 29.3 Å². The number of nitrogens with zero attached hydrogens (tertiary/aromatic N) is 1. The minimum absolute atomic E-state index is 0.144. The first-order valence-corrected chi connectivity index (χ1v) is 5.77. The summed E-state index contributed by atoms with van der Waals surface area (Å²) in [5.41, 5.74) is 8.95. The van der Waals surface area contributed by atoms with Gasteiger partial charge in [0.2, 0.25) is 11.8 Å². The standard InChI is InChI=1S/C12H14F3N3O3/c13-12(14,15)8-3-7(1-2-9(8)19)4-18(5-10(16)20)6-11(17)21/h1-3,19H,4-6H2,(H2,16,20)(H2,17,21). The fraction of sp³-hybridized carbons (Fsp3) is 0.333. The average Bonchev–Trinajstić information content (AvgIpc) is 2.28. The van der Waals surface area contributed by atoms with Gasteiger partial charge >= 0.3 is 6.18 Å². The van der Waals surface area contributed by atoms with Gasteiger partial charge in [-0.1, -0.05) is 6.07 Å². The van der Waals surface area contributed by atoms with Crippen LogP contribution in [0.2, 0.25) is 0 Å². The highest BCUT2D eigenvalue weighted by Gasteiger charge is 2.34. The quantitative estimate of drug-likeness (QED) is 0.696. The molecule has 5 N–H and O–H groups in total. The molecular weight excluding hydrogens is 291 g/mol. The molecule has 0 saturated heterocycles. The molecule has 1 aromatic carbocycles. The molecule has 1 rings (SSSR count). The van der Waals surface area contributed by atoms with E-state index in [2.05, 4.69) is 0 Å². The van der Waals surface area contributed by atoms with Crippen LogP contribution in [0, 0.1) is 0 Å². The maximum Gasteiger partial charge on any atom is 0.419 e. The lowest BCUT2D eigenvalue weighted by Crippen LogP contribution is -2.39. The van der Waals surface area contributed by atoms with Gasteiger partial charge in [-0.05, 0) is 17.7 Å². The maximum absolute atomic E-state index is 12.7. The van der Waals surface area contributed by atoms with Crippen LogP contribution in [-0.4, -0.2) is 34.9 Å². The average molecular weight is 305 g/mol. The predicted molar refractivity (Wildman–Crippen MR) is 66.8 cm³/mol. The van der Waals surface area contributed by atoms with Crippen LogP contribution >= 0.6 is 0 Å². The lowest BCUT2D eigenvalue weighted by Gasteiger charge is -2.20. The van der Waals surface area contributed by atoms with Crippen molar-refractivity contribution in [3.05, 3.63) is 29.3 Å². The number of hydrogen-bond acceptors (Lipinski definition) is 4. The Kier molecular flexibility index (Phi) is 5.14. The van der Waals surface area contributed by atoms with Crippen molar-refractivity contribution in [2.45, 2.75) is 12.7 Å². The Balaban J connectivity index is 2.98. The smallest absolute Gasteiger partial charge is 0.419 e. The Morgan fingerprint density at radius 3 is 2.10 bits per heavy atom. The zero-order valence-corrected chi connectivity index (χ0v) is 10.9. The van der Waals surface area contributed by atoms with E-state index in [0.29, 0.717) is 0 Å². The molecule has 116 valence electrons. The van der Waals surface area contributed by atoms with Crippen molar-refractivity contribution in [2.75, 3.05) is 13.1 Å². The van der Waals surface area contributed by atoms with Crippen LogP contribution in [-0.2, 0) is 22.3 Å². The number of aromatic hydroxyl groups is 1. The molecule has 0 spiro atoms. The third-order valence-corrected chi connectivity index (χ3v) is 2.53. The molecule has 0 aliphatic carbocycles. The summed E-state index contributed by atoms with van der Waals surface area (Å²) >= 11 is 0. The Hall–Kier alpha value is -2.29. The van der Waals surface area contributed by atoms with Crippen molar-refractivity contribution >= 4 is 11.8 Å². The first-order valence-electron chi connectivity index (χ1n) is 5.77. The van der Waals surface area contributed by atoms with Gasteiger partial charge in [0.25, 0.3) is 0 Å². The number of halogens is 3. The largest absolute Gasteiger partial charge is 0.507 e. The highest BCUT2D eigenvalue weighted by molar-refractivity contribution is 5.79. The highest BCUT2D eigenvalue weighted by Crippen LogP contribution is 2.36. The molecule has 6 nitrogen and oxygen atoms in total. The van der Waals surface area contributed by atoms with Gasteiger partial charge in [-0.2, -0.15) is 13.2 Å². The molecule has 0 aliphatic rings. The van der Waals surface area contributed by atoms with Gasteiger partial charge < -0.3 is 16.6 Å². The molecule has 0 bridgehead atoms. The molecule has 2 amide bonds. The number of carbonyl (C=O) groups is 2. The predicted octanol–water partition coefficient (Wildman–Crippen LogP) is 0.184. The summed E-state index contributed by atoms with van der Waals surface area (Å²) in [5, 5.41) is 9.21. The zero-order chi connectivity index (χ0) is 16.2. The fourth-order valence-corrected chi connectivity index (χ4v) is 1.78. The van der Waals surface area contributed by atoms with Crippen LogP contribution in [0.3, 0.4) is 0 Å². The van der Waals surface area contributed by atoms with Crippen LogP contribution in [0.4, 0.5) is 13.2 Å². The van der Waals surface area contributed by atoms with Crippen LogP contribution in [0.1, 0.15) is 11.1 Å². The summed E-state index contributed by atoms with van der Waals surface area (Å²) < 4.78 is 38.0. The number of hydrogen-bond donors (Lipinski definition) is 3. The lowest BCUT2D eigenvalue weighted by atomic mass is 10.1. The van der Waals surface area contributed by atoms with Gasteiger partial charge in [0.05, 0.1) is 18.7 Å². The Morgan fingerprint density at radius 1 is 1.14 bits per heavy atom. The monoisotopic (exact) mass is 305 g/mol. The number of phenolic OH excluding ortho intramolecular Hbond substituents is 1. The number of amides is 2. The van der Waals surface area contributed by atoms with E-state index in [1.54, 1.807) is 0 Å². The summed E-state index contributed by atoms with van der Waals surface area (Å²) in [7, 11) is 0. The highest BCUT2D eigenvalue weighted by atomic mass is 19.4. The van der Waals surface area contributed by atoms with E-state index in [4.69, 9.17) is 11.5 Å². The van der Waals surface area contributed by atoms with Crippen LogP contribution < -0.4 is 11.5 Å². The molecule has 0 aliphatic heterocycles. The molecule has 9 heteroatoms. The number of carbonyl (C=O) groups excluding carboxylic acids is 2. The first-order chi connectivity index (χ1) is 9.59. The zero-order valence-electron chi connectivity index (χ0n) is 10.9. The molecule has 0 radical (unpaired) electrons. The number of alkyl halides is 3. The van der Waals surface area contributed by atoms with Crippen molar-refractivity contribution in [1.29, 1.82) is 0 Å². The van der Waals surface area contributed by atoms with Crippen molar-refractivity contribution in [2.24, 2.45) is 11.5 Å². The second-order valence-electron chi connectivity index (χ2n) is 4.43. The maximum atomic E-state index is 12.7.